The molecule has 1 aromatic carbocycles. The van der Waals surface area contributed by atoms with Gasteiger partial charge in [-0.15, -0.1) is 0 Å². The van der Waals surface area contributed by atoms with Gasteiger partial charge in [0.15, 0.2) is 0 Å². The average Bonchev–Trinajstić information content (AvgIpc) is 3.24. The normalized spacial score (nSPS) is 28.4. The summed E-state index contributed by atoms with van der Waals surface area (Å²) in [7, 11) is 0. The molecule has 1 heterocycles. The molecule has 4 rings (SSSR count). The van der Waals surface area contributed by atoms with Crippen LogP contribution in [0.25, 0.3) is 0 Å². The van der Waals surface area contributed by atoms with Crippen molar-refractivity contribution in [1.29, 1.82) is 0 Å². The van der Waals surface area contributed by atoms with Crippen LogP contribution in [0.4, 0.5) is 4.79 Å². The number of hydrogen-bond donors (Lipinski definition) is 3. The van der Waals surface area contributed by atoms with Gasteiger partial charge in [-0.1, -0.05) is 37.1 Å². The molecule has 1 fully saturated rings. The van der Waals surface area contributed by atoms with Crippen LogP contribution in [0.2, 0.25) is 0 Å². The number of aliphatic hydroxyl groups is 1. The van der Waals surface area contributed by atoms with Crippen molar-refractivity contribution in [3.63, 3.8) is 0 Å². The lowest BCUT2D eigenvalue weighted by Crippen LogP contribution is -2.49. The molecular formula is C19H24N4O2. The van der Waals surface area contributed by atoms with Crippen LogP contribution in [-0.2, 0) is 6.42 Å². The Kier molecular flexibility index (Phi) is 4.44. The summed E-state index contributed by atoms with van der Waals surface area (Å²) in [4.78, 5) is 12.6. The number of nitrogens with zero attached hydrogens (tertiary/aromatic N) is 2. The number of aromatic nitrogens is 2. The molecule has 0 spiro atoms. The molecule has 0 bridgehead atoms. The number of carbonyl (C=O) groups is 1. The summed E-state index contributed by atoms with van der Waals surface area (Å²) in [6.45, 7) is 0. The van der Waals surface area contributed by atoms with E-state index in [0.29, 0.717) is 6.42 Å². The fraction of sp³-hybridized carbons (Fsp3) is 0.474. The van der Waals surface area contributed by atoms with Crippen molar-refractivity contribution in [2.24, 2.45) is 0 Å². The zero-order valence-corrected chi connectivity index (χ0v) is 14.1. The predicted octanol–water partition coefficient (Wildman–Crippen LogP) is 2.32. The highest BCUT2D eigenvalue weighted by Crippen LogP contribution is 2.32. The van der Waals surface area contributed by atoms with Gasteiger partial charge in [0.05, 0.1) is 24.2 Å². The molecule has 3 N–H and O–H groups in total. The van der Waals surface area contributed by atoms with Crippen LogP contribution in [0.5, 0.6) is 0 Å². The second-order valence-electron chi connectivity index (χ2n) is 7.01. The molecule has 2 aliphatic rings. The van der Waals surface area contributed by atoms with Gasteiger partial charge in [-0.3, -0.25) is 4.68 Å². The number of urea groups is 1. The van der Waals surface area contributed by atoms with Gasteiger partial charge >= 0.3 is 6.03 Å². The van der Waals surface area contributed by atoms with E-state index in [9.17, 15) is 9.90 Å². The topological polar surface area (TPSA) is 79.2 Å². The summed E-state index contributed by atoms with van der Waals surface area (Å²) in [5.41, 5.74) is 2.12. The highest BCUT2D eigenvalue weighted by Gasteiger charge is 2.33. The van der Waals surface area contributed by atoms with Gasteiger partial charge < -0.3 is 15.7 Å². The van der Waals surface area contributed by atoms with Gasteiger partial charge in [0, 0.05) is 18.8 Å². The van der Waals surface area contributed by atoms with E-state index in [-0.39, 0.29) is 24.2 Å². The van der Waals surface area contributed by atoms with Crippen LogP contribution < -0.4 is 10.6 Å². The lowest BCUT2D eigenvalue weighted by Gasteiger charge is -2.33. The number of hydrogen-bond acceptors (Lipinski definition) is 3. The Bertz CT molecular complexity index is 731. The van der Waals surface area contributed by atoms with Crippen molar-refractivity contribution in [2.75, 3.05) is 0 Å². The third-order valence-corrected chi connectivity index (χ3v) is 5.40. The summed E-state index contributed by atoms with van der Waals surface area (Å²) in [5.74, 6) is 0. The first-order chi connectivity index (χ1) is 12.2. The monoisotopic (exact) mass is 340 g/mol. The number of nitrogens with one attached hydrogen (secondary N) is 2. The largest absolute Gasteiger partial charge is 0.390 e. The molecule has 0 radical (unpaired) electrons. The summed E-state index contributed by atoms with van der Waals surface area (Å²) in [6.07, 6.45) is 7.97. The summed E-state index contributed by atoms with van der Waals surface area (Å²) in [6, 6.07) is 9.49. The standard InChI is InChI=1S/C19H24N4O2/c24-17-12-13-6-1-2-7-14(13)18(17)22-19(25)21-15-8-3-4-9-16(15)23-11-5-10-20-23/h1-2,5-7,10-11,15-18,24H,3-4,8-9,12H2,(H2,21,22,25)/t15?,16?,17-,18+/m1/s1. The van der Waals surface area contributed by atoms with E-state index in [4.69, 9.17) is 0 Å². The molecule has 0 aliphatic heterocycles. The fourth-order valence-electron chi connectivity index (χ4n) is 4.17. The van der Waals surface area contributed by atoms with Gasteiger partial charge in [-0.25, -0.2) is 4.79 Å². The Morgan fingerprint density at radius 1 is 1.16 bits per heavy atom. The van der Waals surface area contributed by atoms with E-state index in [1.165, 1.54) is 0 Å². The maximum absolute atomic E-state index is 12.6. The molecule has 2 aromatic rings. The van der Waals surface area contributed by atoms with Gasteiger partial charge in [0.25, 0.3) is 0 Å². The Morgan fingerprint density at radius 2 is 2.00 bits per heavy atom. The minimum absolute atomic E-state index is 0.0578. The average molecular weight is 340 g/mol. The summed E-state index contributed by atoms with van der Waals surface area (Å²) in [5, 5.41) is 20.7. The molecule has 1 aromatic heterocycles. The summed E-state index contributed by atoms with van der Waals surface area (Å²) >= 11 is 0. The quantitative estimate of drug-likeness (QED) is 0.802. The number of aliphatic hydroxyl groups excluding tert-OH is 1. The Labute approximate surface area is 147 Å². The molecule has 4 atom stereocenters. The fourth-order valence-corrected chi connectivity index (χ4v) is 4.17. The molecule has 25 heavy (non-hydrogen) atoms. The SMILES string of the molecule is O=C(NC1CCCCC1n1cccn1)N[C@H]1c2ccccc2C[C@H]1O. The molecule has 132 valence electrons. The lowest BCUT2D eigenvalue weighted by atomic mass is 9.90. The molecule has 2 unspecified atom stereocenters. The van der Waals surface area contributed by atoms with Gasteiger partial charge in [0.2, 0.25) is 0 Å². The van der Waals surface area contributed by atoms with E-state index in [1.807, 2.05) is 41.2 Å². The molecule has 6 nitrogen and oxygen atoms in total. The molecular weight excluding hydrogens is 316 g/mol. The minimum Gasteiger partial charge on any atom is -0.390 e. The molecule has 2 aliphatic carbocycles. The number of rotatable bonds is 3. The van der Waals surface area contributed by atoms with E-state index in [2.05, 4.69) is 15.7 Å². The second-order valence-corrected chi connectivity index (χ2v) is 7.01. The van der Waals surface area contributed by atoms with Crippen molar-refractivity contribution in [1.82, 2.24) is 20.4 Å². The van der Waals surface area contributed by atoms with Crippen LogP contribution in [0.3, 0.4) is 0 Å². The van der Waals surface area contributed by atoms with Crippen LogP contribution >= 0.6 is 0 Å². The van der Waals surface area contributed by atoms with Crippen molar-refractivity contribution in [3.8, 4) is 0 Å². The van der Waals surface area contributed by atoms with Crippen LogP contribution in [0.15, 0.2) is 42.7 Å². The molecule has 1 saturated carbocycles. The zero-order valence-electron chi connectivity index (χ0n) is 14.1. The van der Waals surface area contributed by atoms with Crippen molar-refractivity contribution in [2.45, 2.75) is 56.3 Å². The molecule has 6 heteroatoms. The Balaban J connectivity index is 1.43. The summed E-state index contributed by atoms with van der Waals surface area (Å²) < 4.78 is 1.95. The number of amides is 2. The smallest absolute Gasteiger partial charge is 0.315 e. The van der Waals surface area contributed by atoms with Crippen LogP contribution in [0.1, 0.15) is 48.9 Å². The zero-order chi connectivity index (χ0) is 17.2. The van der Waals surface area contributed by atoms with Crippen molar-refractivity contribution < 1.29 is 9.90 Å². The van der Waals surface area contributed by atoms with Gasteiger partial charge in [0.1, 0.15) is 0 Å². The predicted molar refractivity (Wildman–Crippen MR) is 94.1 cm³/mol. The first-order valence-corrected chi connectivity index (χ1v) is 9.04. The van der Waals surface area contributed by atoms with E-state index in [1.54, 1.807) is 6.20 Å². The maximum atomic E-state index is 12.6. The highest BCUT2D eigenvalue weighted by molar-refractivity contribution is 5.75. The Hall–Kier alpha value is -2.34. The van der Waals surface area contributed by atoms with Crippen LogP contribution in [0, 0.1) is 0 Å². The van der Waals surface area contributed by atoms with Crippen LogP contribution in [-0.4, -0.2) is 33.1 Å². The van der Waals surface area contributed by atoms with Gasteiger partial charge in [-0.2, -0.15) is 5.10 Å². The second kappa shape index (κ2) is 6.88. The van der Waals surface area contributed by atoms with E-state index in [0.717, 1.165) is 36.8 Å². The Morgan fingerprint density at radius 3 is 2.84 bits per heavy atom. The first-order valence-electron chi connectivity index (χ1n) is 9.04. The molecule has 2 amide bonds. The lowest BCUT2D eigenvalue weighted by molar-refractivity contribution is 0.140. The number of carbonyl (C=O) groups excluding carboxylic acids is 1. The van der Waals surface area contributed by atoms with E-state index < -0.39 is 6.10 Å². The van der Waals surface area contributed by atoms with Crippen molar-refractivity contribution >= 4 is 6.03 Å². The third kappa shape index (κ3) is 3.26. The highest BCUT2D eigenvalue weighted by atomic mass is 16.3. The van der Waals surface area contributed by atoms with Crippen molar-refractivity contribution in [3.05, 3.63) is 53.9 Å². The van der Waals surface area contributed by atoms with Gasteiger partial charge in [-0.05, 0) is 30.0 Å². The minimum atomic E-state index is -0.573. The third-order valence-electron chi connectivity index (χ3n) is 5.40. The first kappa shape index (κ1) is 16.1. The maximum Gasteiger partial charge on any atom is 0.315 e. The number of fused-ring (bicyclic) bond motifs is 1. The van der Waals surface area contributed by atoms with E-state index >= 15 is 0 Å². The molecule has 0 saturated heterocycles. The number of benzene rings is 1.